The predicted molar refractivity (Wildman–Crippen MR) is 268 cm³/mol. The van der Waals surface area contributed by atoms with Crippen molar-refractivity contribution in [1.29, 1.82) is 0 Å². The monoisotopic (exact) mass is 915 g/mol. The van der Waals surface area contributed by atoms with Gasteiger partial charge in [-0.2, -0.15) is 0 Å². The highest BCUT2D eigenvalue weighted by atomic mass is 16.4. The van der Waals surface area contributed by atoms with Crippen LogP contribution in [0.3, 0.4) is 0 Å². The van der Waals surface area contributed by atoms with Crippen LogP contribution < -0.4 is 0 Å². The van der Waals surface area contributed by atoms with Crippen molar-refractivity contribution in [1.82, 2.24) is 0 Å². The Hall–Kier alpha value is -4.53. The number of benzene rings is 3. The second kappa shape index (κ2) is 19.6. The molecule has 0 saturated carbocycles. The average Bonchev–Trinajstić information content (AvgIpc) is 3.12. The van der Waals surface area contributed by atoms with Gasteiger partial charge in [0.25, 0.3) is 0 Å². The number of carboxylic acid groups (broad SMARTS) is 3. The molecule has 368 valence electrons. The first kappa shape index (κ1) is 55.8. The number of phenolic OH excluding ortho intramolecular Hbond substituents is 3. The number of hydrogen-bond acceptors (Lipinski definition) is 6. The summed E-state index contributed by atoms with van der Waals surface area (Å²) < 4.78 is 0. The molecule has 0 aliphatic carbocycles. The van der Waals surface area contributed by atoms with Crippen molar-refractivity contribution < 1.29 is 45.0 Å². The smallest absolute Gasteiger partial charge is 0.311 e. The van der Waals surface area contributed by atoms with Crippen molar-refractivity contribution in [3.8, 4) is 17.2 Å². The minimum absolute atomic E-state index is 0.0894. The van der Waals surface area contributed by atoms with E-state index in [-0.39, 0.29) is 91.3 Å². The summed E-state index contributed by atoms with van der Waals surface area (Å²) in [5, 5.41) is 68.9. The van der Waals surface area contributed by atoms with Crippen LogP contribution in [0.25, 0.3) is 0 Å². The molecule has 0 heterocycles. The summed E-state index contributed by atoms with van der Waals surface area (Å²) in [6.07, 6.45) is -0.579. The van der Waals surface area contributed by atoms with Gasteiger partial charge in [-0.05, 0) is 140 Å². The van der Waals surface area contributed by atoms with E-state index in [1.807, 2.05) is 98.7 Å². The third-order valence-electron chi connectivity index (χ3n) is 13.9. The van der Waals surface area contributed by atoms with Gasteiger partial charge >= 0.3 is 17.9 Å². The molecular weight excluding hydrogens is 829 g/mol. The summed E-state index contributed by atoms with van der Waals surface area (Å²) in [7, 11) is 0. The molecule has 0 bridgehead atoms. The molecule has 0 spiro atoms. The Bertz CT molecular complexity index is 2150. The molecule has 0 aromatic heterocycles. The number of aromatic hydroxyl groups is 3. The van der Waals surface area contributed by atoms with Crippen LogP contribution in [0.1, 0.15) is 220 Å². The van der Waals surface area contributed by atoms with Gasteiger partial charge in [-0.1, -0.05) is 161 Å². The van der Waals surface area contributed by atoms with Gasteiger partial charge in [-0.25, -0.2) is 0 Å². The number of aliphatic carboxylic acids is 3. The maximum absolute atomic E-state index is 14.3. The second-order valence-corrected chi connectivity index (χ2v) is 25.5. The average molecular weight is 915 g/mol. The van der Waals surface area contributed by atoms with Crippen molar-refractivity contribution in [3.63, 3.8) is 0 Å². The van der Waals surface area contributed by atoms with E-state index in [0.717, 1.165) is 33.4 Å². The summed E-state index contributed by atoms with van der Waals surface area (Å²) in [5.74, 6) is -4.01. The molecule has 66 heavy (non-hydrogen) atoms. The highest BCUT2D eigenvalue weighted by Crippen LogP contribution is 2.54. The lowest BCUT2D eigenvalue weighted by Crippen LogP contribution is -2.54. The van der Waals surface area contributed by atoms with Crippen LogP contribution in [0, 0.1) is 10.8 Å². The van der Waals surface area contributed by atoms with Crippen molar-refractivity contribution >= 4 is 17.9 Å². The number of carbonyl (C=O) groups is 3. The Morgan fingerprint density at radius 3 is 0.818 bits per heavy atom. The Labute approximate surface area is 397 Å². The molecule has 3 aromatic carbocycles. The number of carboxylic acids is 3. The minimum atomic E-state index is -2.29. The lowest BCUT2D eigenvalue weighted by Gasteiger charge is -2.45. The SMILES string of the molecule is CC(C)(C)c1cc(CCCC(CCCc2cc(C(C)(C)C)cc(C(C)(C)C)c2O)(C(=O)O)C(CCCc2cc(C(C)(C)C)cc(C(C)(C)C)c2O)(CC(=O)O)C(=O)O)c(O)c(C(C)(C)C)c1. The quantitative estimate of drug-likeness (QED) is 0.0771. The molecule has 0 radical (unpaired) electrons. The van der Waals surface area contributed by atoms with Crippen LogP contribution >= 0.6 is 0 Å². The van der Waals surface area contributed by atoms with Crippen molar-refractivity contribution in [2.24, 2.45) is 10.8 Å². The van der Waals surface area contributed by atoms with Crippen molar-refractivity contribution in [2.45, 2.75) is 221 Å². The van der Waals surface area contributed by atoms with Gasteiger partial charge in [-0.3, -0.25) is 14.4 Å². The molecule has 3 rings (SSSR count). The summed E-state index contributed by atoms with van der Waals surface area (Å²) >= 11 is 0. The summed E-state index contributed by atoms with van der Waals surface area (Å²) in [6.45, 7) is 36.9. The van der Waals surface area contributed by atoms with Gasteiger partial charge in [0.05, 0.1) is 17.3 Å². The van der Waals surface area contributed by atoms with Crippen LogP contribution in [0.2, 0.25) is 0 Å². The molecule has 9 heteroatoms. The molecule has 0 aliphatic heterocycles. The fraction of sp³-hybridized carbons (Fsp3) is 0.632. The number of hydrogen-bond donors (Lipinski definition) is 6. The number of phenols is 3. The normalized spacial score (nSPS) is 14.3. The van der Waals surface area contributed by atoms with E-state index < -0.39 is 51.4 Å². The zero-order valence-electron chi connectivity index (χ0n) is 43.9. The Balaban J connectivity index is 2.31. The molecule has 0 aliphatic rings. The maximum Gasteiger partial charge on any atom is 0.311 e. The second-order valence-electron chi connectivity index (χ2n) is 25.5. The van der Waals surface area contributed by atoms with E-state index in [0.29, 0.717) is 16.7 Å². The number of rotatable bonds is 17. The standard InChI is InChI=1S/C57H86O9/c1-50(2,3)38-28-35(45(60)41(31-38)53(10,11)12)22-19-25-56(48(63)64,26-20-23-36-29-39(51(4,5)6)32-42(46(36)61)54(13,14)15)57(49(65)66,34-44(58)59)27-21-24-37-30-40(52(7,8)9)33-43(47(37)62)55(16,17)18/h28-33,60-62H,19-27,34H2,1-18H3,(H,58,59)(H,63,64)(H,65,66). The Morgan fingerprint density at radius 1 is 0.379 bits per heavy atom. The molecule has 0 fully saturated rings. The first-order valence-electron chi connectivity index (χ1n) is 24.0. The summed E-state index contributed by atoms with van der Waals surface area (Å²) in [6, 6.07) is 11.8. The van der Waals surface area contributed by atoms with Crippen molar-refractivity contribution in [2.75, 3.05) is 0 Å². The molecule has 0 amide bonds. The predicted octanol–water partition coefficient (Wildman–Crippen LogP) is 13.6. The van der Waals surface area contributed by atoms with E-state index in [2.05, 4.69) is 62.3 Å². The topological polar surface area (TPSA) is 173 Å². The fourth-order valence-corrected chi connectivity index (χ4v) is 9.58. The van der Waals surface area contributed by atoms with Crippen LogP contribution in [0.5, 0.6) is 17.2 Å². The van der Waals surface area contributed by atoms with E-state index in [1.54, 1.807) is 0 Å². The zero-order valence-corrected chi connectivity index (χ0v) is 43.9. The lowest BCUT2D eigenvalue weighted by atomic mass is 9.55. The summed E-state index contributed by atoms with van der Waals surface area (Å²) in [4.78, 5) is 41.5. The van der Waals surface area contributed by atoms with Crippen LogP contribution in [-0.2, 0) is 66.1 Å². The molecule has 9 nitrogen and oxygen atoms in total. The van der Waals surface area contributed by atoms with E-state index in [4.69, 9.17) is 0 Å². The van der Waals surface area contributed by atoms with Gasteiger partial charge in [0.1, 0.15) is 17.2 Å². The van der Waals surface area contributed by atoms with Gasteiger partial charge < -0.3 is 30.6 Å². The molecule has 1 atom stereocenters. The first-order chi connectivity index (χ1) is 29.7. The largest absolute Gasteiger partial charge is 0.507 e. The van der Waals surface area contributed by atoms with E-state index >= 15 is 0 Å². The first-order valence-corrected chi connectivity index (χ1v) is 24.0. The zero-order chi connectivity index (χ0) is 51.0. The van der Waals surface area contributed by atoms with E-state index in [9.17, 15) is 45.0 Å². The minimum Gasteiger partial charge on any atom is -0.507 e. The third kappa shape index (κ3) is 12.7. The number of aryl methyl sites for hydroxylation is 3. The summed E-state index contributed by atoms with van der Waals surface area (Å²) in [5.41, 5.74) is 0.583. The highest BCUT2D eigenvalue weighted by Gasteiger charge is 2.61. The van der Waals surface area contributed by atoms with Gasteiger partial charge in [0.15, 0.2) is 0 Å². The molecule has 0 saturated heterocycles. The lowest BCUT2D eigenvalue weighted by molar-refractivity contribution is -0.182. The molecule has 6 N–H and O–H groups in total. The Kier molecular flexibility index (Phi) is 16.6. The fourth-order valence-electron chi connectivity index (χ4n) is 9.58. The van der Waals surface area contributed by atoms with Crippen LogP contribution in [0.15, 0.2) is 36.4 Å². The highest BCUT2D eigenvalue weighted by molar-refractivity contribution is 5.90. The van der Waals surface area contributed by atoms with Crippen molar-refractivity contribution in [3.05, 3.63) is 86.5 Å². The molecule has 1 unspecified atom stereocenters. The van der Waals surface area contributed by atoms with Gasteiger partial charge in [0, 0.05) is 0 Å². The molecule has 3 aromatic rings. The van der Waals surface area contributed by atoms with Gasteiger partial charge in [-0.15, -0.1) is 0 Å². The van der Waals surface area contributed by atoms with Gasteiger partial charge in [0.2, 0.25) is 0 Å². The van der Waals surface area contributed by atoms with E-state index in [1.165, 1.54) is 0 Å². The Morgan fingerprint density at radius 2 is 0.621 bits per heavy atom. The third-order valence-corrected chi connectivity index (χ3v) is 13.9. The van der Waals surface area contributed by atoms with Crippen LogP contribution in [-0.4, -0.2) is 48.5 Å². The molecular formula is C57H86O9. The maximum atomic E-state index is 14.3. The van der Waals surface area contributed by atoms with Crippen LogP contribution in [0.4, 0.5) is 0 Å².